The van der Waals surface area contributed by atoms with Crippen molar-refractivity contribution >= 4 is 11.6 Å². The molecule has 5 heteroatoms. The molecule has 0 radical (unpaired) electrons. The van der Waals surface area contributed by atoms with E-state index in [1.54, 1.807) is 4.68 Å². The summed E-state index contributed by atoms with van der Waals surface area (Å²) in [7, 11) is 0. The first-order valence-corrected chi connectivity index (χ1v) is 6.55. The van der Waals surface area contributed by atoms with Crippen LogP contribution in [-0.2, 0) is 13.0 Å². The van der Waals surface area contributed by atoms with Crippen LogP contribution in [0.15, 0.2) is 24.3 Å². The maximum absolute atomic E-state index is 13.7. The Bertz CT molecular complexity index is 583. The van der Waals surface area contributed by atoms with Gasteiger partial charge in [-0.2, -0.15) is 5.10 Å². The Kier molecular flexibility index (Phi) is 4.22. The zero-order valence-corrected chi connectivity index (χ0v) is 11.7. The molecule has 2 rings (SSSR count). The first kappa shape index (κ1) is 14.0. The highest BCUT2D eigenvalue weighted by Crippen LogP contribution is 2.24. The van der Waals surface area contributed by atoms with Gasteiger partial charge in [-0.25, -0.2) is 4.39 Å². The van der Waals surface area contributed by atoms with E-state index in [1.165, 1.54) is 18.2 Å². The van der Waals surface area contributed by atoms with Gasteiger partial charge in [0.05, 0.1) is 11.8 Å². The summed E-state index contributed by atoms with van der Waals surface area (Å²) in [6.45, 7) is 4.58. The molecule has 0 saturated carbocycles. The molecule has 0 bridgehead atoms. The molecule has 1 N–H and O–H groups in total. The third-order valence-corrected chi connectivity index (χ3v) is 3.24. The lowest BCUT2D eigenvalue weighted by atomic mass is 10.0. The molecule has 1 atom stereocenters. The molecule has 0 aliphatic carbocycles. The van der Waals surface area contributed by atoms with E-state index in [4.69, 9.17) is 11.6 Å². The van der Waals surface area contributed by atoms with Crippen LogP contribution in [0.4, 0.5) is 4.39 Å². The fraction of sp³-hybridized carbons (Fsp3) is 0.357. The van der Waals surface area contributed by atoms with Gasteiger partial charge in [0.2, 0.25) is 0 Å². The monoisotopic (exact) mass is 282 g/mol. The van der Waals surface area contributed by atoms with Gasteiger partial charge in [-0.05, 0) is 38.1 Å². The predicted octanol–water partition coefficient (Wildman–Crippen LogP) is 3.28. The lowest BCUT2D eigenvalue weighted by Gasteiger charge is -2.13. The van der Waals surface area contributed by atoms with Gasteiger partial charge < -0.3 is 5.11 Å². The van der Waals surface area contributed by atoms with Crippen molar-refractivity contribution in [3.63, 3.8) is 0 Å². The van der Waals surface area contributed by atoms with Gasteiger partial charge in [-0.1, -0.05) is 11.6 Å². The molecule has 0 spiro atoms. The van der Waals surface area contributed by atoms with Crippen molar-refractivity contribution in [1.82, 2.24) is 9.78 Å². The molecule has 102 valence electrons. The second-order valence-electron chi connectivity index (χ2n) is 4.48. The molecular weight excluding hydrogens is 267 g/mol. The quantitative estimate of drug-likeness (QED) is 0.934. The van der Waals surface area contributed by atoms with Crippen LogP contribution in [0.25, 0.3) is 0 Å². The van der Waals surface area contributed by atoms with Crippen LogP contribution in [-0.4, -0.2) is 14.9 Å². The lowest BCUT2D eigenvalue weighted by molar-refractivity contribution is 0.170. The van der Waals surface area contributed by atoms with Gasteiger partial charge in [-0.15, -0.1) is 0 Å². The number of hydrogen-bond donors (Lipinski definition) is 1. The summed E-state index contributed by atoms with van der Waals surface area (Å²) in [5.41, 5.74) is 1.98. The molecule has 1 unspecified atom stereocenters. The van der Waals surface area contributed by atoms with Crippen LogP contribution in [0.5, 0.6) is 0 Å². The molecule has 0 fully saturated rings. The van der Waals surface area contributed by atoms with E-state index in [1.807, 2.05) is 19.9 Å². The first-order chi connectivity index (χ1) is 9.01. The van der Waals surface area contributed by atoms with Crippen LogP contribution < -0.4 is 0 Å². The molecule has 1 aromatic heterocycles. The highest BCUT2D eigenvalue weighted by atomic mass is 35.5. The Morgan fingerprint density at radius 3 is 2.84 bits per heavy atom. The van der Waals surface area contributed by atoms with E-state index in [0.29, 0.717) is 18.0 Å². The molecule has 2 aromatic rings. The van der Waals surface area contributed by atoms with Crippen LogP contribution >= 0.6 is 11.6 Å². The number of aryl methyl sites for hydroxylation is 2. The second kappa shape index (κ2) is 5.72. The Morgan fingerprint density at radius 2 is 2.16 bits per heavy atom. The van der Waals surface area contributed by atoms with Crippen LogP contribution in [0, 0.1) is 12.7 Å². The van der Waals surface area contributed by atoms with Crippen molar-refractivity contribution in [2.45, 2.75) is 32.9 Å². The van der Waals surface area contributed by atoms with Crippen LogP contribution in [0.1, 0.15) is 30.0 Å². The third kappa shape index (κ3) is 3.14. The largest absolute Gasteiger partial charge is 0.388 e. The Balaban J connectivity index is 2.25. The number of nitrogens with zero attached hydrogens (tertiary/aromatic N) is 2. The molecule has 0 aliphatic rings. The minimum Gasteiger partial charge on any atom is -0.388 e. The van der Waals surface area contributed by atoms with E-state index in [9.17, 15) is 9.50 Å². The Labute approximate surface area is 116 Å². The molecule has 1 heterocycles. The SMILES string of the molecule is CCn1nc(C)cc1CC(O)c1cc(Cl)ccc1F. The summed E-state index contributed by atoms with van der Waals surface area (Å²) in [4.78, 5) is 0. The van der Waals surface area contributed by atoms with Gasteiger partial charge in [0.1, 0.15) is 5.82 Å². The predicted molar refractivity (Wildman–Crippen MR) is 72.7 cm³/mol. The topological polar surface area (TPSA) is 38.0 Å². The molecule has 3 nitrogen and oxygen atoms in total. The lowest BCUT2D eigenvalue weighted by Crippen LogP contribution is -2.09. The van der Waals surface area contributed by atoms with Gasteiger partial charge in [0.15, 0.2) is 0 Å². The van der Waals surface area contributed by atoms with Crippen molar-refractivity contribution in [1.29, 1.82) is 0 Å². The van der Waals surface area contributed by atoms with E-state index in [-0.39, 0.29) is 5.56 Å². The smallest absolute Gasteiger partial charge is 0.129 e. The van der Waals surface area contributed by atoms with Gasteiger partial charge in [0.25, 0.3) is 0 Å². The van der Waals surface area contributed by atoms with Crippen molar-refractivity contribution < 1.29 is 9.50 Å². The maximum Gasteiger partial charge on any atom is 0.129 e. The summed E-state index contributed by atoms with van der Waals surface area (Å²) in [6.07, 6.45) is -0.619. The van der Waals surface area contributed by atoms with E-state index >= 15 is 0 Å². The highest BCUT2D eigenvalue weighted by molar-refractivity contribution is 6.30. The van der Waals surface area contributed by atoms with E-state index in [0.717, 1.165) is 11.4 Å². The minimum absolute atomic E-state index is 0.217. The molecule has 0 saturated heterocycles. The summed E-state index contributed by atoms with van der Waals surface area (Å²) in [5, 5.41) is 14.9. The summed E-state index contributed by atoms with van der Waals surface area (Å²) in [6, 6.07) is 6.09. The first-order valence-electron chi connectivity index (χ1n) is 6.17. The van der Waals surface area contributed by atoms with Crippen molar-refractivity contribution in [3.05, 3.63) is 52.1 Å². The van der Waals surface area contributed by atoms with Gasteiger partial charge >= 0.3 is 0 Å². The molecule has 0 aliphatic heterocycles. The molecule has 0 amide bonds. The number of rotatable bonds is 4. The fourth-order valence-electron chi connectivity index (χ4n) is 2.12. The zero-order valence-electron chi connectivity index (χ0n) is 10.9. The molecule has 19 heavy (non-hydrogen) atoms. The van der Waals surface area contributed by atoms with Crippen molar-refractivity contribution in [3.8, 4) is 0 Å². The van der Waals surface area contributed by atoms with Gasteiger partial charge in [-0.3, -0.25) is 4.68 Å². The number of aliphatic hydroxyl groups is 1. The highest BCUT2D eigenvalue weighted by Gasteiger charge is 2.16. The Hall–Kier alpha value is -1.39. The number of halogens is 2. The molecular formula is C14H16ClFN2O. The second-order valence-corrected chi connectivity index (χ2v) is 4.92. The van der Waals surface area contributed by atoms with Crippen molar-refractivity contribution in [2.24, 2.45) is 0 Å². The zero-order chi connectivity index (χ0) is 14.0. The van der Waals surface area contributed by atoms with E-state index < -0.39 is 11.9 Å². The number of aliphatic hydroxyl groups excluding tert-OH is 1. The number of aromatic nitrogens is 2. The summed E-state index contributed by atoms with van der Waals surface area (Å²) in [5.74, 6) is -0.448. The normalized spacial score (nSPS) is 12.7. The standard InChI is InChI=1S/C14H16ClFN2O/c1-3-18-11(6-9(2)17-18)8-14(19)12-7-10(15)4-5-13(12)16/h4-7,14,19H,3,8H2,1-2H3. The average molecular weight is 283 g/mol. The van der Waals surface area contributed by atoms with Crippen LogP contribution in [0.2, 0.25) is 5.02 Å². The number of hydrogen-bond acceptors (Lipinski definition) is 2. The third-order valence-electron chi connectivity index (χ3n) is 3.00. The van der Waals surface area contributed by atoms with Crippen molar-refractivity contribution in [2.75, 3.05) is 0 Å². The molecule has 1 aromatic carbocycles. The summed E-state index contributed by atoms with van der Waals surface area (Å²) < 4.78 is 15.5. The van der Waals surface area contributed by atoms with Crippen LogP contribution in [0.3, 0.4) is 0 Å². The number of benzene rings is 1. The average Bonchev–Trinajstić information content (AvgIpc) is 2.72. The fourth-order valence-corrected chi connectivity index (χ4v) is 2.30. The summed E-state index contributed by atoms with van der Waals surface area (Å²) >= 11 is 5.83. The maximum atomic E-state index is 13.7. The van der Waals surface area contributed by atoms with Gasteiger partial charge in [0, 0.05) is 29.2 Å². The minimum atomic E-state index is -0.930. The Morgan fingerprint density at radius 1 is 1.42 bits per heavy atom. The van der Waals surface area contributed by atoms with E-state index in [2.05, 4.69) is 5.10 Å².